The van der Waals surface area contributed by atoms with E-state index in [0.717, 1.165) is 11.8 Å². The zero-order valence-electron chi connectivity index (χ0n) is 21.1. The van der Waals surface area contributed by atoms with E-state index in [1.165, 1.54) is 12.1 Å². The van der Waals surface area contributed by atoms with Crippen LogP contribution < -0.4 is 5.32 Å². The van der Waals surface area contributed by atoms with Crippen molar-refractivity contribution in [2.24, 2.45) is 17.8 Å². The molecule has 3 aromatic rings. The number of rotatable bonds is 5. The van der Waals surface area contributed by atoms with E-state index in [4.69, 9.17) is 11.6 Å². The minimum absolute atomic E-state index is 0.0746. The molecule has 0 saturated heterocycles. The summed E-state index contributed by atoms with van der Waals surface area (Å²) in [5.74, 6) is -6.05. The van der Waals surface area contributed by atoms with Gasteiger partial charge in [0.2, 0.25) is 0 Å². The second-order valence-corrected chi connectivity index (χ2v) is 13.1. The molecular weight excluding hydrogens is 553 g/mol. The van der Waals surface area contributed by atoms with Crippen LogP contribution in [0.4, 0.5) is 18.9 Å². The maximum atomic E-state index is 13.8. The van der Waals surface area contributed by atoms with E-state index < -0.39 is 44.0 Å². The third kappa shape index (κ3) is 4.72. The van der Waals surface area contributed by atoms with Crippen molar-refractivity contribution in [3.8, 4) is 0 Å². The molecule has 2 bridgehead atoms. The molecule has 1 amide bonds. The molecule has 1 aromatic heterocycles. The molecule has 206 valence electrons. The summed E-state index contributed by atoms with van der Waals surface area (Å²) in [4.78, 5) is 16.9. The Kier molecular flexibility index (Phi) is 7.01. The molecule has 0 radical (unpaired) electrons. The predicted molar refractivity (Wildman–Crippen MR) is 140 cm³/mol. The standard InChI is InChI=1S/C28H26ClF3N2O4S/c1-14-7-18-9-20(12-21(14)28(18,36)17-5-3-15(2)33-13-17)39(37,38)25-8-16(4-6-22(25)29)27(35)34-19-10-23(30)26(32)24(31)11-19/h3-6,8,10-11,13-14,18,20-21,36H,7,9,12H2,1-2H3,(H,34,35)/t14-,18?,20+,21+,28+/m0/s1. The number of sulfone groups is 1. The molecule has 6 nitrogen and oxygen atoms in total. The molecule has 0 spiro atoms. The van der Waals surface area contributed by atoms with Crippen molar-refractivity contribution in [1.29, 1.82) is 0 Å². The third-order valence-electron chi connectivity index (χ3n) is 8.15. The average molecular weight is 579 g/mol. The van der Waals surface area contributed by atoms with Gasteiger partial charge < -0.3 is 10.4 Å². The van der Waals surface area contributed by atoms with E-state index in [2.05, 4.69) is 10.3 Å². The Hall–Kier alpha value is -2.95. The summed E-state index contributed by atoms with van der Waals surface area (Å²) in [6.07, 6.45) is 2.71. The Morgan fingerprint density at radius 3 is 2.38 bits per heavy atom. The van der Waals surface area contributed by atoms with Crippen molar-refractivity contribution < 1.29 is 31.5 Å². The number of hydrogen-bond acceptors (Lipinski definition) is 5. The topological polar surface area (TPSA) is 96.4 Å². The van der Waals surface area contributed by atoms with Crippen LogP contribution >= 0.6 is 11.6 Å². The number of fused-ring (bicyclic) bond motifs is 2. The molecule has 39 heavy (non-hydrogen) atoms. The minimum Gasteiger partial charge on any atom is -0.385 e. The number of amides is 1. The van der Waals surface area contributed by atoms with Crippen molar-refractivity contribution in [1.82, 2.24) is 4.98 Å². The van der Waals surface area contributed by atoms with Gasteiger partial charge in [0.05, 0.1) is 20.8 Å². The van der Waals surface area contributed by atoms with E-state index in [1.807, 2.05) is 26.0 Å². The van der Waals surface area contributed by atoms with Crippen molar-refractivity contribution in [3.63, 3.8) is 0 Å². The van der Waals surface area contributed by atoms with E-state index in [0.29, 0.717) is 24.1 Å². The largest absolute Gasteiger partial charge is 0.385 e. The van der Waals surface area contributed by atoms with Crippen molar-refractivity contribution in [3.05, 3.63) is 88.0 Å². The molecule has 0 aliphatic heterocycles. The van der Waals surface area contributed by atoms with E-state index >= 15 is 0 Å². The zero-order chi connectivity index (χ0) is 28.3. The molecule has 2 aromatic carbocycles. The summed E-state index contributed by atoms with van der Waals surface area (Å²) in [7, 11) is -4.04. The Balaban J connectivity index is 1.42. The van der Waals surface area contributed by atoms with E-state index in [-0.39, 0.29) is 51.8 Å². The fourth-order valence-electron chi connectivity index (χ4n) is 6.19. The van der Waals surface area contributed by atoms with Gasteiger partial charge in [0.1, 0.15) is 0 Å². The van der Waals surface area contributed by atoms with Gasteiger partial charge in [0, 0.05) is 40.8 Å². The summed E-state index contributed by atoms with van der Waals surface area (Å²) in [5.41, 5.74) is -0.158. The Labute approximate surface area is 229 Å². The normalized spacial score (nSPS) is 26.4. The van der Waals surface area contributed by atoms with Gasteiger partial charge in [-0.1, -0.05) is 24.6 Å². The van der Waals surface area contributed by atoms with Crippen LogP contribution in [-0.4, -0.2) is 29.7 Å². The van der Waals surface area contributed by atoms with Crippen molar-refractivity contribution in [2.45, 2.75) is 48.9 Å². The molecule has 2 N–H and O–H groups in total. The first-order chi connectivity index (χ1) is 18.3. The lowest BCUT2D eigenvalue weighted by molar-refractivity contribution is -0.0701. The number of carbonyl (C=O) groups excluding carboxylic acids is 1. The monoisotopic (exact) mass is 578 g/mol. The van der Waals surface area contributed by atoms with Gasteiger partial charge in [-0.15, -0.1) is 0 Å². The van der Waals surface area contributed by atoms with Crippen molar-refractivity contribution in [2.75, 3.05) is 5.32 Å². The summed E-state index contributed by atoms with van der Waals surface area (Å²) in [6.45, 7) is 3.86. The number of pyridine rings is 1. The fraction of sp³-hybridized carbons (Fsp3) is 0.357. The molecule has 5 rings (SSSR count). The lowest BCUT2D eigenvalue weighted by atomic mass is 9.70. The highest BCUT2D eigenvalue weighted by molar-refractivity contribution is 7.92. The number of aliphatic hydroxyl groups is 1. The Morgan fingerprint density at radius 2 is 1.77 bits per heavy atom. The molecule has 2 fully saturated rings. The number of carbonyl (C=O) groups is 1. The molecule has 1 unspecified atom stereocenters. The molecular formula is C28H26ClF3N2O4S. The lowest BCUT2D eigenvalue weighted by Gasteiger charge is -2.43. The van der Waals surface area contributed by atoms with Crippen LogP contribution in [0.2, 0.25) is 5.02 Å². The maximum absolute atomic E-state index is 13.8. The van der Waals surface area contributed by atoms with Crippen LogP contribution in [0.5, 0.6) is 0 Å². The fourth-order valence-corrected chi connectivity index (χ4v) is 8.57. The summed E-state index contributed by atoms with van der Waals surface area (Å²) in [6, 6.07) is 8.57. The Bertz CT molecular complexity index is 1540. The highest BCUT2D eigenvalue weighted by Crippen LogP contribution is 2.59. The molecule has 5 atom stereocenters. The number of nitrogens with one attached hydrogen (secondary N) is 1. The third-order valence-corrected chi connectivity index (χ3v) is 10.8. The first-order valence-electron chi connectivity index (χ1n) is 12.5. The lowest BCUT2D eigenvalue weighted by Crippen LogP contribution is -2.46. The first kappa shape index (κ1) is 27.6. The van der Waals surface area contributed by atoms with Crippen LogP contribution in [-0.2, 0) is 15.4 Å². The smallest absolute Gasteiger partial charge is 0.255 e. The van der Waals surface area contributed by atoms with Crippen LogP contribution in [0.1, 0.15) is 47.8 Å². The van der Waals surface area contributed by atoms with E-state index in [1.54, 1.807) is 6.20 Å². The van der Waals surface area contributed by atoms with Crippen LogP contribution in [0.25, 0.3) is 0 Å². The first-order valence-corrected chi connectivity index (χ1v) is 14.4. The van der Waals surface area contributed by atoms with E-state index in [9.17, 15) is 31.5 Å². The predicted octanol–water partition coefficient (Wildman–Crippen LogP) is 5.81. The van der Waals surface area contributed by atoms with Gasteiger partial charge in [-0.2, -0.15) is 0 Å². The second-order valence-electron chi connectivity index (χ2n) is 10.5. The quantitative estimate of drug-likeness (QED) is 0.373. The van der Waals surface area contributed by atoms with Gasteiger partial charge in [0.25, 0.3) is 5.91 Å². The van der Waals surface area contributed by atoms with Crippen LogP contribution in [0, 0.1) is 42.1 Å². The summed E-state index contributed by atoms with van der Waals surface area (Å²) in [5, 5.41) is 13.2. The van der Waals surface area contributed by atoms with Gasteiger partial charge in [0.15, 0.2) is 27.3 Å². The number of anilines is 1. The highest BCUT2D eigenvalue weighted by Gasteiger charge is 2.59. The number of benzene rings is 2. The number of aromatic nitrogens is 1. The SMILES string of the molecule is Cc1ccc([C@@]2(O)C3C[C@@H](S(=O)(=O)c4cc(C(=O)Nc5cc(F)c(F)c(F)c5)ccc4Cl)C[C@@H]2[C@@H](C)C3)cn1. The molecule has 11 heteroatoms. The van der Waals surface area contributed by atoms with Gasteiger partial charge in [-0.25, -0.2) is 21.6 Å². The highest BCUT2D eigenvalue weighted by atomic mass is 35.5. The number of aryl methyl sites for hydroxylation is 1. The minimum atomic E-state index is -4.04. The summed E-state index contributed by atoms with van der Waals surface area (Å²) < 4.78 is 68.1. The van der Waals surface area contributed by atoms with Crippen molar-refractivity contribution >= 4 is 33.0 Å². The summed E-state index contributed by atoms with van der Waals surface area (Å²) >= 11 is 6.30. The number of nitrogens with zero attached hydrogens (tertiary/aromatic N) is 1. The molecule has 1 heterocycles. The maximum Gasteiger partial charge on any atom is 0.255 e. The second kappa shape index (κ2) is 9.91. The number of hydrogen-bond donors (Lipinski definition) is 2. The van der Waals surface area contributed by atoms with Crippen LogP contribution in [0.15, 0.2) is 53.6 Å². The Morgan fingerprint density at radius 1 is 1.08 bits per heavy atom. The van der Waals surface area contributed by atoms with Gasteiger partial charge in [-0.05, 0) is 68.2 Å². The average Bonchev–Trinajstić information content (AvgIpc) is 3.00. The number of halogens is 4. The molecule has 2 aliphatic rings. The zero-order valence-corrected chi connectivity index (χ0v) is 22.7. The molecule has 2 aliphatic carbocycles. The van der Waals surface area contributed by atoms with Crippen LogP contribution in [0.3, 0.4) is 0 Å². The molecule has 2 saturated carbocycles. The van der Waals surface area contributed by atoms with Gasteiger partial charge >= 0.3 is 0 Å². The van der Waals surface area contributed by atoms with Gasteiger partial charge in [-0.3, -0.25) is 9.78 Å².